The van der Waals surface area contributed by atoms with Crippen molar-refractivity contribution in [2.75, 3.05) is 0 Å². The second kappa shape index (κ2) is 4.88. The third kappa shape index (κ3) is 2.12. The van der Waals surface area contributed by atoms with Crippen LogP contribution in [0.1, 0.15) is 32.0 Å². The SMILES string of the molecule is CC1CCC(Cn2c(CCl)nc3cnccc32)C1. The highest BCUT2D eigenvalue weighted by Crippen LogP contribution is 2.32. The van der Waals surface area contributed by atoms with Gasteiger partial charge in [0.2, 0.25) is 0 Å². The van der Waals surface area contributed by atoms with Crippen molar-refractivity contribution in [2.45, 2.75) is 38.6 Å². The number of hydrogen-bond acceptors (Lipinski definition) is 2. The molecule has 2 heterocycles. The normalized spacial score (nSPS) is 23.9. The Hall–Kier alpha value is -1.09. The molecular formula is C14H18ClN3. The standard InChI is InChI=1S/C14H18ClN3/c1-10-2-3-11(6-10)9-18-13-4-5-16-8-12(13)17-14(18)7-15/h4-5,8,10-11H,2-3,6-7,9H2,1H3. The molecule has 3 rings (SSSR count). The molecule has 2 atom stereocenters. The number of fused-ring (bicyclic) bond motifs is 1. The van der Waals surface area contributed by atoms with Gasteiger partial charge in [-0.3, -0.25) is 4.98 Å². The molecule has 0 bridgehead atoms. The zero-order chi connectivity index (χ0) is 12.5. The largest absolute Gasteiger partial charge is 0.327 e. The van der Waals surface area contributed by atoms with Crippen molar-refractivity contribution in [2.24, 2.45) is 11.8 Å². The van der Waals surface area contributed by atoms with Crippen molar-refractivity contribution in [1.29, 1.82) is 0 Å². The van der Waals surface area contributed by atoms with Gasteiger partial charge in [-0.25, -0.2) is 4.98 Å². The Labute approximate surface area is 112 Å². The Morgan fingerprint density at radius 3 is 3.06 bits per heavy atom. The van der Waals surface area contributed by atoms with Gasteiger partial charge in [-0.2, -0.15) is 0 Å². The lowest BCUT2D eigenvalue weighted by Gasteiger charge is -2.13. The highest BCUT2D eigenvalue weighted by Gasteiger charge is 2.23. The number of halogens is 1. The maximum atomic E-state index is 6.01. The van der Waals surface area contributed by atoms with E-state index >= 15 is 0 Å². The van der Waals surface area contributed by atoms with Crippen molar-refractivity contribution >= 4 is 22.6 Å². The number of pyridine rings is 1. The second-order valence-corrected chi connectivity index (χ2v) is 5.69. The lowest BCUT2D eigenvalue weighted by Crippen LogP contribution is -2.10. The summed E-state index contributed by atoms with van der Waals surface area (Å²) in [6.45, 7) is 3.39. The molecule has 2 aromatic heterocycles. The molecule has 4 heteroatoms. The molecule has 1 saturated carbocycles. The monoisotopic (exact) mass is 263 g/mol. The number of rotatable bonds is 3. The van der Waals surface area contributed by atoms with E-state index in [2.05, 4.69) is 21.5 Å². The second-order valence-electron chi connectivity index (χ2n) is 5.42. The Kier molecular flexibility index (Phi) is 3.25. The van der Waals surface area contributed by atoms with E-state index in [9.17, 15) is 0 Å². The van der Waals surface area contributed by atoms with E-state index in [4.69, 9.17) is 11.6 Å². The summed E-state index contributed by atoms with van der Waals surface area (Å²) in [6.07, 6.45) is 7.66. The van der Waals surface area contributed by atoms with Gasteiger partial charge in [0, 0.05) is 12.7 Å². The summed E-state index contributed by atoms with van der Waals surface area (Å²) >= 11 is 6.01. The molecule has 2 aromatic rings. The molecule has 0 aliphatic heterocycles. The van der Waals surface area contributed by atoms with Gasteiger partial charge in [0.05, 0.1) is 17.6 Å². The zero-order valence-corrected chi connectivity index (χ0v) is 11.4. The molecule has 0 saturated heterocycles. The van der Waals surface area contributed by atoms with E-state index in [1.54, 1.807) is 0 Å². The van der Waals surface area contributed by atoms with Gasteiger partial charge in [-0.15, -0.1) is 11.6 Å². The first-order chi connectivity index (χ1) is 8.78. The predicted octanol–water partition coefficient (Wildman–Crippen LogP) is 3.61. The zero-order valence-electron chi connectivity index (χ0n) is 10.6. The van der Waals surface area contributed by atoms with E-state index in [1.807, 2.05) is 18.5 Å². The first kappa shape index (κ1) is 12.0. The van der Waals surface area contributed by atoms with Gasteiger partial charge in [-0.1, -0.05) is 13.3 Å². The Morgan fingerprint density at radius 2 is 2.33 bits per heavy atom. The molecule has 1 fully saturated rings. The number of alkyl halides is 1. The maximum absolute atomic E-state index is 6.01. The van der Waals surface area contributed by atoms with Gasteiger partial charge < -0.3 is 4.57 Å². The Bertz CT molecular complexity index is 549. The minimum absolute atomic E-state index is 0.469. The number of nitrogens with zero attached hydrogens (tertiary/aromatic N) is 3. The van der Waals surface area contributed by atoms with E-state index in [-0.39, 0.29) is 0 Å². The van der Waals surface area contributed by atoms with Crippen molar-refractivity contribution in [3.63, 3.8) is 0 Å². The van der Waals surface area contributed by atoms with Crippen LogP contribution in [0.25, 0.3) is 11.0 Å². The fourth-order valence-electron chi connectivity index (χ4n) is 3.09. The predicted molar refractivity (Wildman–Crippen MR) is 73.6 cm³/mol. The van der Waals surface area contributed by atoms with Crippen molar-refractivity contribution in [3.8, 4) is 0 Å². The maximum Gasteiger partial charge on any atom is 0.124 e. The summed E-state index contributed by atoms with van der Waals surface area (Å²) in [4.78, 5) is 8.69. The van der Waals surface area contributed by atoms with Crippen LogP contribution in [0.3, 0.4) is 0 Å². The van der Waals surface area contributed by atoms with Crippen LogP contribution in [-0.4, -0.2) is 14.5 Å². The third-order valence-electron chi connectivity index (χ3n) is 3.99. The molecule has 0 amide bonds. The van der Waals surface area contributed by atoms with Gasteiger partial charge in [0.25, 0.3) is 0 Å². The summed E-state index contributed by atoms with van der Waals surface area (Å²) in [5.41, 5.74) is 2.12. The fourth-order valence-corrected chi connectivity index (χ4v) is 3.29. The number of aromatic nitrogens is 3. The molecular weight excluding hydrogens is 246 g/mol. The molecule has 0 N–H and O–H groups in total. The average molecular weight is 264 g/mol. The van der Waals surface area contributed by atoms with Crippen LogP contribution in [0.15, 0.2) is 18.5 Å². The summed E-state index contributed by atoms with van der Waals surface area (Å²) in [6, 6.07) is 2.04. The molecule has 0 aromatic carbocycles. The quantitative estimate of drug-likeness (QED) is 0.792. The Balaban J connectivity index is 1.94. The van der Waals surface area contributed by atoms with Crippen LogP contribution >= 0.6 is 11.6 Å². The van der Waals surface area contributed by atoms with Crippen LogP contribution in [0.4, 0.5) is 0 Å². The van der Waals surface area contributed by atoms with Crippen LogP contribution in [-0.2, 0) is 12.4 Å². The molecule has 0 radical (unpaired) electrons. The molecule has 0 spiro atoms. The number of imidazole rings is 1. The van der Waals surface area contributed by atoms with E-state index in [1.165, 1.54) is 24.8 Å². The molecule has 1 aliphatic carbocycles. The highest BCUT2D eigenvalue weighted by molar-refractivity contribution is 6.16. The number of hydrogen-bond donors (Lipinski definition) is 0. The highest BCUT2D eigenvalue weighted by atomic mass is 35.5. The summed E-state index contributed by atoms with van der Waals surface area (Å²) in [5, 5.41) is 0. The van der Waals surface area contributed by atoms with Gasteiger partial charge >= 0.3 is 0 Å². The third-order valence-corrected chi connectivity index (χ3v) is 4.23. The van der Waals surface area contributed by atoms with E-state index in [0.29, 0.717) is 5.88 Å². The fraction of sp³-hybridized carbons (Fsp3) is 0.571. The minimum Gasteiger partial charge on any atom is -0.327 e. The Morgan fingerprint density at radius 1 is 1.44 bits per heavy atom. The van der Waals surface area contributed by atoms with Gasteiger partial charge in [-0.05, 0) is 30.7 Å². The van der Waals surface area contributed by atoms with E-state index < -0.39 is 0 Å². The van der Waals surface area contributed by atoms with Crippen LogP contribution in [0, 0.1) is 11.8 Å². The van der Waals surface area contributed by atoms with Crippen molar-refractivity contribution < 1.29 is 0 Å². The molecule has 3 nitrogen and oxygen atoms in total. The van der Waals surface area contributed by atoms with Crippen LogP contribution in [0.5, 0.6) is 0 Å². The van der Waals surface area contributed by atoms with Crippen molar-refractivity contribution in [3.05, 3.63) is 24.3 Å². The minimum atomic E-state index is 0.469. The average Bonchev–Trinajstić information content (AvgIpc) is 2.94. The van der Waals surface area contributed by atoms with Crippen molar-refractivity contribution in [1.82, 2.24) is 14.5 Å². The summed E-state index contributed by atoms with van der Waals surface area (Å²) < 4.78 is 2.28. The molecule has 1 aliphatic rings. The first-order valence-electron chi connectivity index (χ1n) is 6.63. The topological polar surface area (TPSA) is 30.7 Å². The lowest BCUT2D eigenvalue weighted by molar-refractivity contribution is 0.441. The smallest absolute Gasteiger partial charge is 0.124 e. The first-order valence-corrected chi connectivity index (χ1v) is 7.16. The molecule has 18 heavy (non-hydrogen) atoms. The molecule has 2 unspecified atom stereocenters. The van der Waals surface area contributed by atoms with Gasteiger partial charge in [0.15, 0.2) is 0 Å². The van der Waals surface area contributed by atoms with Crippen LogP contribution in [0.2, 0.25) is 0 Å². The van der Waals surface area contributed by atoms with Gasteiger partial charge in [0.1, 0.15) is 11.3 Å². The summed E-state index contributed by atoms with van der Waals surface area (Å²) in [5.74, 6) is 3.08. The lowest BCUT2D eigenvalue weighted by atomic mass is 10.1. The van der Waals surface area contributed by atoms with Crippen LogP contribution < -0.4 is 0 Å². The van der Waals surface area contributed by atoms with E-state index in [0.717, 1.165) is 29.7 Å². The molecule has 96 valence electrons. The summed E-state index contributed by atoms with van der Waals surface area (Å²) in [7, 11) is 0.